The van der Waals surface area contributed by atoms with Crippen LogP contribution in [0.4, 0.5) is 5.82 Å². The largest absolute Gasteiger partial charge is 0.385 e. The lowest BCUT2D eigenvalue weighted by molar-refractivity contribution is 0.0300. The van der Waals surface area contributed by atoms with E-state index in [-0.39, 0.29) is 11.3 Å². The molecule has 2 unspecified atom stereocenters. The maximum Gasteiger partial charge on any atom is 0.156 e. The molecule has 0 radical (unpaired) electrons. The van der Waals surface area contributed by atoms with Crippen LogP contribution in [0.3, 0.4) is 0 Å². The Labute approximate surface area is 167 Å². The second-order valence-electron chi connectivity index (χ2n) is 8.43. The minimum absolute atomic E-state index is 0.195. The van der Waals surface area contributed by atoms with Gasteiger partial charge in [-0.2, -0.15) is 5.10 Å². The van der Waals surface area contributed by atoms with Crippen molar-refractivity contribution in [2.24, 2.45) is 5.41 Å². The number of rotatable bonds is 5. The third-order valence-corrected chi connectivity index (χ3v) is 6.09. The average Bonchev–Trinajstić information content (AvgIpc) is 2.72. The second-order valence-corrected chi connectivity index (χ2v) is 8.43. The Morgan fingerprint density at radius 3 is 2.71 bits per heavy atom. The molecule has 1 saturated heterocycles. The predicted octanol–water partition coefficient (Wildman–Crippen LogP) is 4.39. The molecule has 148 valence electrons. The van der Waals surface area contributed by atoms with Crippen molar-refractivity contribution < 1.29 is 4.74 Å². The van der Waals surface area contributed by atoms with E-state index in [1.54, 1.807) is 0 Å². The first kappa shape index (κ1) is 18.9. The van der Waals surface area contributed by atoms with Crippen LogP contribution in [0.5, 0.6) is 0 Å². The number of nitrogens with zero attached hydrogens (tertiary/aromatic N) is 2. The molecule has 1 aromatic heterocycles. The van der Waals surface area contributed by atoms with Crippen LogP contribution in [0.2, 0.25) is 0 Å². The lowest BCUT2D eigenvalue weighted by atomic mass is 9.82. The molecule has 2 atom stereocenters. The lowest BCUT2D eigenvalue weighted by Gasteiger charge is -2.33. The molecule has 4 rings (SSSR count). The van der Waals surface area contributed by atoms with Gasteiger partial charge in [-0.25, -0.2) is 0 Å². The zero-order valence-corrected chi connectivity index (χ0v) is 17.0. The van der Waals surface area contributed by atoms with E-state index in [0.717, 1.165) is 49.5 Å². The first-order chi connectivity index (χ1) is 13.6. The second kappa shape index (κ2) is 7.92. The summed E-state index contributed by atoms with van der Waals surface area (Å²) >= 11 is 0. The highest BCUT2D eigenvalue weighted by molar-refractivity contribution is 5.93. The molecule has 2 aliphatic rings. The fraction of sp³-hybridized carbons (Fsp3) is 0.478. The summed E-state index contributed by atoms with van der Waals surface area (Å²) in [5.74, 6) is 1.07. The Bertz CT molecular complexity index is 899. The molecule has 1 aromatic carbocycles. The van der Waals surface area contributed by atoms with E-state index in [2.05, 4.69) is 78.0 Å². The highest BCUT2D eigenvalue weighted by atomic mass is 16.5. The van der Waals surface area contributed by atoms with E-state index in [9.17, 15) is 0 Å². The minimum Gasteiger partial charge on any atom is -0.385 e. The van der Waals surface area contributed by atoms with Gasteiger partial charge >= 0.3 is 0 Å². The zero-order chi connectivity index (χ0) is 19.6. The van der Waals surface area contributed by atoms with Gasteiger partial charge in [-0.05, 0) is 43.0 Å². The number of hydrogen-bond donors (Lipinski definition) is 2. The summed E-state index contributed by atoms with van der Waals surface area (Å²) < 4.78 is 5.52. The summed E-state index contributed by atoms with van der Waals surface area (Å²) in [7, 11) is 0. The van der Waals surface area contributed by atoms with Crippen LogP contribution in [0.25, 0.3) is 10.8 Å². The van der Waals surface area contributed by atoms with Crippen LogP contribution >= 0.6 is 0 Å². The monoisotopic (exact) mass is 378 g/mol. The van der Waals surface area contributed by atoms with Crippen molar-refractivity contribution in [3.8, 4) is 0 Å². The van der Waals surface area contributed by atoms with Gasteiger partial charge in [0.05, 0.1) is 5.69 Å². The van der Waals surface area contributed by atoms with Crippen molar-refractivity contribution in [2.45, 2.75) is 45.6 Å². The SMILES string of the molecule is CC1C=C(C(C)c2nnc(NCC3(C)CCOCC3)c3ccccc23)C=CN1. The van der Waals surface area contributed by atoms with Crippen LogP contribution < -0.4 is 10.6 Å². The van der Waals surface area contributed by atoms with Crippen molar-refractivity contribution in [2.75, 3.05) is 25.1 Å². The molecule has 0 saturated carbocycles. The van der Waals surface area contributed by atoms with Gasteiger partial charge in [-0.1, -0.05) is 44.2 Å². The average molecular weight is 379 g/mol. The summed E-state index contributed by atoms with van der Waals surface area (Å²) in [4.78, 5) is 0. The van der Waals surface area contributed by atoms with E-state index in [4.69, 9.17) is 4.74 Å². The number of allylic oxidation sites excluding steroid dienone is 2. The number of dihydropyridines is 1. The molecule has 28 heavy (non-hydrogen) atoms. The lowest BCUT2D eigenvalue weighted by Crippen LogP contribution is -2.33. The Kier molecular flexibility index (Phi) is 5.36. The molecular weight excluding hydrogens is 348 g/mol. The van der Waals surface area contributed by atoms with Crippen LogP contribution in [-0.4, -0.2) is 36.0 Å². The van der Waals surface area contributed by atoms with E-state index in [0.29, 0.717) is 6.04 Å². The van der Waals surface area contributed by atoms with Gasteiger partial charge in [-0.15, -0.1) is 5.10 Å². The Balaban J connectivity index is 1.62. The van der Waals surface area contributed by atoms with Crippen LogP contribution in [0.15, 0.2) is 48.2 Å². The summed E-state index contributed by atoms with van der Waals surface area (Å²) in [6, 6.07) is 8.80. The van der Waals surface area contributed by atoms with E-state index in [1.807, 2.05) is 6.20 Å². The molecule has 2 aliphatic heterocycles. The van der Waals surface area contributed by atoms with Crippen molar-refractivity contribution in [3.63, 3.8) is 0 Å². The molecule has 5 nitrogen and oxygen atoms in total. The third-order valence-electron chi connectivity index (χ3n) is 6.09. The van der Waals surface area contributed by atoms with Gasteiger partial charge in [0.1, 0.15) is 0 Å². The van der Waals surface area contributed by atoms with E-state index >= 15 is 0 Å². The van der Waals surface area contributed by atoms with Crippen molar-refractivity contribution >= 4 is 16.6 Å². The predicted molar refractivity (Wildman–Crippen MR) is 114 cm³/mol. The summed E-state index contributed by atoms with van der Waals surface area (Å²) in [5, 5.41) is 18.5. The van der Waals surface area contributed by atoms with Crippen molar-refractivity contribution in [3.05, 3.63) is 53.9 Å². The first-order valence-corrected chi connectivity index (χ1v) is 10.3. The molecule has 5 heteroatoms. The molecule has 1 fully saturated rings. The zero-order valence-electron chi connectivity index (χ0n) is 17.0. The number of fused-ring (bicyclic) bond motifs is 1. The molecular formula is C23H30N4O. The molecule has 3 heterocycles. The fourth-order valence-electron chi connectivity index (χ4n) is 4.05. The summed E-state index contributed by atoms with van der Waals surface area (Å²) in [5.41, 5.74) is 2.55. The van der Waals surface area contributed by atoms with Crippen molar-refractivity contribution in [1.82, 2.24) is 15.5 Å². The van der Waals surface area contributed by atoms with Crippen LogP contribution in [0, 0.1) is 5.41 Å². The highest BCUT2D eigenvalue weighted by Crippen LogP contribution is 2.34. The molecule has 0 amide bonds. The van der Waals surface area contributed by atoms with Crippen molar-refractivity contribution in [1.29, 1.82) is 0 Å². The van der Waals surface area contributed by atoms with Crippen LogP contribution in [-0.2, 0) is 4.74 Å². The quantitative estimate of drug-likeness (QED) is 0.808. The van der Waals surface area contributed by atoms with Gasteiger partial charge in [-0.3, -0.25) is 0 Å². The molecule has 0 aliphatic carbocycles. The van der Waals surface area contributed by atoms with E-state index < -0.39 is 0 Å². The van der Waals surface area contributed by atoms with Gasteiger partial charge in [0.25, 0.3) is 0 Å². The summed E-state index contributed by atoms with van der Waals surface area (Å²) in [6.07, 6.45) is 8.58. The number of hydrogen-bond acceptors (Lipinski definition) is 5. The first-order valence-electron chi connectivity index (χ1n) is 10.3. The standard InChI is InChI=1S/C23H30N4O/c1-16-14-18(8-11-24-16)17(2)21-19-6-4-5-7-20(19)22(27-26-21)25-15-23(3)9-12-28-13-10-23/h4-8,11,14,16-17,24H,9-10,12-13,15H2,1-3H3,(H,25,27). The molecule has 0 spiro atoms. The highest BCUT2D eigenvalue weighted by Gasteiger charge is 2.27. The smallest absolute Gasteiger partial charge is 0.156 e. The number of anilines is 1. The van der Waals surface area contributed by atoms with E-state index in [1.165, 1.54) is 11.0 Å². The molecule has 0 bridgehead atoms. The third kappa shape index (κ3) is 3.90. The molecule has 2 N–H and O–H groups in total. The normalized spacial score (nSPS) is 22.4. The molecule has 2 aromatic rings. The Morgan fingerprint density at radius 1 is 1.21 bits per heavy atom. The summed E-state index contributed by atoms with van der Waals surface area (Å²) in [6.45, 7) is 9.27. The Morgan fingerprint density at radius 2 is 1.96 bits per heavy atom. The van der Waals surface area contributed by atoms with Crippen LogP contribution in [0.1, 0.15) is 45.2 Å². The van der Waals surface area contributed by atoms with Gasteiger partial charge < -0.3 is 15.4 Å². The maximum absolute atomic E-state index is 5.52. The number of ether oxygens (including phenoxy) is 1. The topological polar surface area (TPSA) is 59.1 Å². The van der Waals surface area contributed by atoms with Gasteiger partial charge in [0.2, 0.25) is 0 Å². The fourth-order valence-corrected chi connectivity index (χ4v) is 4.05. The number of aromatic nitrogens is 2. The number of benzene rings is 1. The van der Waals surface area contributed by atoms with Gasteiger partial charge in [0, 0.05) is 42.5 Å². The van der Waals surface area contributed by atoms with Gasteiger partial charge in [0.15, 0.2) is 5.82 Å². The number of nitrogens with one attached hydrogen (secondary N) is 2. The minimum atomic E-state index is 0.195. The Hall–Kier alpha value is -2.40. The maximum atomic E-state index is 5.52.